The average molecular weight is 466 g/mol. The first-order valence-corrected chi connectivity index (χ1v) is 11.3. The molecule has 1 fully saturated rings. The number of methoxy groups -OCH3 is 1. The lowest BCUT2D eigenvalue weighted by Crippen LogP contribution is -2.55. The zero-order chi connectivity index (χ0) is 24.7. The highest BCUT2D eigenvalue weighted by Gasteiger charge is 2.60. The first kappa shape index (κ1) is 22.2. The number of phenols is 1. The summed E-state index contributed by atoms with van der Waals surface area (Å²) in [4.78, 5) is 53.0. The Kier molecular flexibility index (Phi) is 4.69. The van der Waals surface area contributed by atoms with Crippen LogP contribution in [0.2, 0.25) is 0 Å². The van der Waals surface area contributed by atoms with Crippen molar-refractivity contribution in [1.82, 2.24) is 13.9 Å². The summed E-state index contributed by atoms with van der Waals surface area (Å²) in [7, 11) is 2.88. The van der Waals surface area contributed by atoms with Crippen LogP contribution in [0.3, 0.4) is 0 Å². The highest BCUT2D eigenvalue weighted by atomic mass is 16.5. The second kappa shape index (κ2) is 7.19. The monoisotopic (exact) mass is 465 g/mol. The van der Waals surface area contributed by atoms with E-state index in [4.69, 9.17) is 4.74 Å². The number of benzene rings is 1. The van der Waals surface area contributed by atoms with Crippen molar-refractivity contribution in [3.05, 3.63) is 67.5 Å². The van der Waals surface area contributed by atoms with E-state index in [1.54, 1.807) is 32.0 Å². The van der Waals surface area contributed by atoms with Crippen molar-refractivity contribution in [1.29, 1.82) is 0 Å². The van der Waals surface area contributed by atoms with Gasteiger partial charge in [-0.2, -0.15) is 0 Å². The van der Waals surface area contributed by atoms with E-state index >= 15 is 0 Å². The smallest absolute Gasteiger partial charge is 0.347 e. The molecule has 34 heavy (non-hydrogen) atoms. The molecular formula is C25H27N3O6. The molecule has 2 heterocycles. The standard InChI is InChI=1S/C25H27N3O6/c1-12-13(2)22(31)25(3)16(21(12)30)11-17-15(8-9-27-23(32)26(4)24(33)28(17)27)20(25)14-6-7-19(34-5)18(29)10-14/h6-8,10,16-17,20,29H,9,11H2,1-5H3/t16-,17+,20-,25+/m0/s1. The quantitative estimate of drug-likeness (QED) is 0.678. The Morgan fingerprint density at radius 3 is 2.44 bits per heavy atom. The van der Waals surface area contributed by atoms with Crippen LogP contribution in [0.4, 0.5) is 0 Å². The molecule has 5 rings (SSSR count). The van der Waals surface area contributed by atoms with Crippen molar-refractivity contribution in [3.8, 4) is 11.5 Å². The largest absolute Gasteiger partial charge is 0.504 e. The van der Waals surface area contributed by atoms with Gasteiger partial charge in [0.25, 0.3) is 0 Å². The van der Waals surface area contributed by atoms with Gasteiger partial charge in [0.05, 0.1) is 25.1 Å². The fraction of sp³-hybridized carbons (Fsp3) is 0.440. The molecule has 2 aromatic rings. The van der Waals surface area contributed by atoms with E-state index in [1.165, 1.54) is 23.5 Å². The maximum atomic E-state index is 13.8. The highest BCUT2D eigenvalue weighted by Crippen LogP contribution is 2.60. The zero-order valence-electron chi connectivity index (χ0n) is 19.8. The second-order valence-corrected chi connectivity index (χ2v) is 9.65. The second-order valence-electron chi connectivity index (χ2n) is 9.65. The van der Waals surface area contributed by atoms with Gasteiger partial charge in [-0.3, -0.25) is 9.59 Å². The lowest BCUT2D eigenvalue weighted by molar-refractivity contribution is -0.140. The van der Waals surface area contributed by atoms with Crippen LogP contribution in [0, 0.1) is 11.3 Å². The Morgan fingerprint density at radius 2 is 1.79 bits per heavy atom. The topological polar surface area (TPSA) is 113 Å². The summed E-state index contributed by atoms with van der Waals surface area (Å²) in [6, 6.07) is 4.40. The average Bonchev–Trinajstić information content (AvgIpc) is 3.04. The van der Waals surface area contributed by atoms with E-state index in [-0.39, 0.29) is 30.3 Å². The summed E-state index contributed by atoms with van der Waals surface area (Å²) < 4.78 is 9.05. The lowest BCUT2D eigenvalue weighted by Gasteiger charge is -2.53. The van der Waals surface area contributed by atoms with Gasteiger partial charge in [0.15, 0.2) is 23.1 Å². The third-order valence-electron chi connectivity index (χ3n) is 8.16. The minimum Gasteiger partial charge on any atom is -0.504 e. The molecule has 0 spiro atoms. The Balaban J connectivity index is 1.80. The molecule has 1 N–H and O–H groups in total. The van der Waals surface area contributed by atoms with Gasteiger partial charge in [0, 0.05) is 18.9 Å². The summed E-state index contributed by atoms with van der Waals surface area (Å²) in [5.74, 6) is -1.29. The molecule has 1 saturated carbocycles. The van der Waals surface area contributed by atoms with Crippen LogP contribution in [0.5, 0.6) is 11.5 Å². The number of hydrogen-bond donors (Lipinski definition) is 1. The third kappa shape index (κ3) is 2.60. The van der Waals surface area contributed by atoms with Gasteiger partial charge < -0.3 is 9.84 Å². The number of fused-ring (bicyclic) bond motifs is 4. The maximum absolute atomic E-state index is 13.8. The van der Waals surface area contributed by atoms with Crippen LogP contribution in [-0.4, -0.2) is 37.7 Å². The van der Waals surface area contributed by atoms with Crippen molar-refractivity contribution < 1.29 is 19.4 Å². The molecule has 9 heteroatoms. The molecule has 2 aliphatic carbocycles. The molecule has 1 aliphatic heterocycles. The molecule has 1 aromatic heterocycles. The summed E-state index contributed by atoms with van der Waals surface area (Å²) in [6.45, 7) is 5.34. The number of hydrogen-bond acceptors (Lipinski definition) is 6. The van der Waals surface area contributed by atoms with Gasteiger partial charge in [-0.1, -0.05) is 19.1 Å². The van der Waals surface area contributed by atoms with Gasteiger partial charge in [-0.05, 0) is 54.7 Å². The molecule has 3 aliphatic rings. The normalized spacial score (nSPS) is 28.3. The van der Waals surface area contributed by atoms with Gasteiger partial charge in [0.1, 0.15) is 0 Å². The Hall–Kier alpha value is -3.62. The number of ketones is 2. The number of aromatic nitrogens is 3. The lowest BCUT2D eigenvalue weighted by atomic mass is 9.50. The van der Waals surface area contributed by atoms with Crippen molar-refractivity contribution >= 4 is 11.6 Å². The Bertz CT molecular complexity index is 1450. The molecule has 1 aromatic carbocycles. The van der Waals surface area contributed by atoms with Crippen LogP contribution in [0.25, 0.3) is 0 Å². The first-order chi connectivity index (χ1) is 16.0. The minimum absolute atomic E-state index is 0.0782. The number of phenolic OH excluding ortho intramolecular Hbond substituents is 1. The number of carbonyl (C=O) groups is 2. The zero-order valence-corrected chi connectivity index (χ0v) is 19.8. The molecule has 0 radical (unpaired) electrons. The third-order valence-corrected chi connectivity index (χ3v) is 8.16. The van der Waals surface area contributed by atoms with E-state index in [0.717, 1.165) is 10.1 Å². The van der Waals surface area contributed by atoms with Gasteiger partial charge in [-0.15, -0.1) is 0 Å². The number of Topliss-reactive ketones (excluding diaryl/α,β-unsaturated/α-hetero) is 2. The summed E-state index contributed by atoms with van der Waals surface area (Å²) in [6.07, 6.45) is 2.12. The van der Waals surface area contributed by atoms with Crippen molar-refractivity contribution in [2.24, 2.45) is 18.4 Å². The molecule has 0 saturated heterocycles. The molecule has 178 valence electrons. The molecule has 9 nitrogen and oxygen atoms in total. The van der Waals surface area contributed by atoms with Crippen LogP contribution in [0.1, 0.15) is 44.7 Å². The van der Waals surface area contributed by atoms with Gasteiger partial charge >= 0.3 is 11.4 Å². The van der Waals surface area contributed by atoms with Crippen molar-refractivity contribution in [3.63, 3.8) is 0 Å². The molecule has 4 atom stereocenters. The van der Waals surface area contributed by atoms with Gasteiger partial charge in [0.2, 0.25) is 0 Å². The Morgan fingerprint density at radius 1 is 1.09 bits per heavy atom. The van der Waals surface area contributed by atoms with Crippen molar-refractivity contribution in [2.45, 2.75) is 45.7 Å². The fourth-order valence-corrected chi connectivity index (χ4v) is 6.22. The number of carbonyl (C=O) groups excluding carboxylic acids is 2. The fourth-order valence-electron chi connectivity index (χ4n) is 6.22. The van der Waals surface area contributed by atoms with E-state index < -0.39 is 34.7 Å². The van der Waals surface area contributed by atoms with Crippen LogP contribution >= 0.6 is 0 Å². The predicted octanol–water partition coefficient (Wildman–Crippen LogP) is 1.84. The molecule has 0 unspecified atom stereocenters. The van der Waals surface area contributed by atoms with Crippen LogP contribution in [-0.2, 0) is 23.2 Å². The van der Waals surface area contributed by atoms with Crippen LogP contribution in [0.15, 0.2) is 50.6 Å². The van der Waals surface area contributed by atoms with Crippen LogP contribution < -0.4 is 16.1 Å². The minimum atomic E-state index is -1.11. The van der Waals surface area contributed by atoms with E-state index in [2.05, 4.69) is 0 Å². The molecule has 0 amide bonds. The number of ether oxygens (including phenoxy) is 1. The van der Waals surface area contributed by atoms with E-state index in [9.17, 15) is 24.3 Å². The van der Waals surface area contributed by atoms with Gasteiger partial charge in [-0.25, -0.2) is 23.5 Å². The summed E-state index contributed by atoms with van der Waals surface area (Å²) in [5, 5.41) is 10.5. The maximum Gasteiger partial charge on any atom is 0.347 e. The number of aromatic hydroxyl groups is 1. The molecular weight excluding hydrogens is 438 g/mol. The number of nitrogens with zero attached hydrogens (tertiary/aromatic N) is 3. The first-order valence-electron chi connectivity index (χ1n) is 11.3. The molecule has 0 bridgehead atoms. The van der Waals surface area contributed by atoms with Crippen molar-refractivity contribution in [2.75, 3.05) is 7.11 Å². The van der Waals surface area contributed by atoms with E-state index in [1.807, 2.05) is 13.0 Å². The predicted molar refractivity (Wildman–Crippen MR) is 123 cm³/mol. The SMILES string of the molecule is COc1ccc([C@H]2C3=CCn4c(=O)n(C)c(=O)n4[C@@H]3C[C@H]3C(=O)C(C)=C(C)C(=O)[C@@]23C)cc1O. The number of rotatable bonds is 2. The summed E-state index contributed by atoms with van der Waals surface area (Å²) >= 11 is 0. The Labute approximate surface area is 195 Å². The summed E-state index contributed by atoms with van der Waals surface area (Å²) in [5.41, 5.74) is 0.327. The van der Waals surface area contributed by atoms with E-state index in [0.29, 0.717) is 22.5 Å². The highest BCUT2D eigenvalue weighted by molar-refractivity contribution is 6.15. The number of allylic oxidation sites excluding steroid dienone is 4.